The van der Waals surface area contributed by atoms with E-state index in [1.165, 1.54) is 34.7 Å². The zero-order chi connectivity index (χ0) is 18.5. The number of thioether (sulfide) groups is 1. The molecular formula is C18H18N4O2S2. The summed E-state index contributed by atoms with van der Waals surface area (Å²) >= 11 is 2.62. The molecule has 0 saturated carbocycles. The number of anilines is 1. The molecule has 0 saturated heterocycles. The molecule has 8 heteroatoms. The molecule has 1 aromatic carbocycles. The lowest BCUT2D eigenvalue weighted by Crippen LogP contribution is -2.17. The lowest BCUT2D eigenvalue weighted by molar-refractivity contribution is -0.113. The molecule has 1 amide bonds. The van der Waals surface area contributed by atoms with Crippen molar-refractivity contribution in [2.45, 2.75) is 25.5 Å². The Labute approximate surface area is 159 Å². The van der Waals surface area contributed by atoms with E-state index in [0.29, 0.717) is 16.8 Å². The van der Waals surface area contributed by atoms with Crippen LogP contribution in [0.1, 0.15) is 12.5 Å². The summed E-state index contributed by atoms with van der Waals surface area (Å²) in [5.41, 5.74) is 2.74. The van der Waals surface area contributed by atoms with Crippen molar-refractivity contribution in [3.05, 3.63) is 57.8 Å². The van der Waals surface area contributed by atoms with Crippen molar-refractivity contribution in [1.29, 1.82) is 0 Å². The highest BCUT2D eigenvalue weighted by molar-refractivity contribution is 7.99. The van der Waals surface area contributed by atoms with E-state index in [1.54, 1.807) is 6.20 Å². The summed E-state index contributed by atoms with van der Waals surface area (Å²) in [4.78, 5) is 32.0. The summed E-state index contributed by atoms with van der Waals surface area (Å²) in [7, 11) is 0. The highest BCUT2D eigenvalue weighted by atomic mass is 32.2. The average molecular weight is 387 g/mol. The Balaban J connectivity index is 1.61. The van der Waals surface area contributed by atoms with Gasteiger partial charge in [0.2, 0.25) is 5.91 Å². The van der Waals surface area contributed by atoms with Gasteiger partial charge in [-0.15, -0.1) is 11.3 Å². The molecule has 0 aliphatic carbocycles. The van der Waals surface area contributed by atoms with Gasteiger partial charge in [-0.3, -0.25) is 9.59 Å². The Morgan fingerprint density at radius 1 is 1.23 bits per heavy atom. The number of aromatic nitrogens is 3. The zero-order valence-electron chi connectivity index (χ0n) is 14.4. The summed E-state index contributed by atoms with van der Waals surface area (Å²) in [6.45, 7) is 4.68. The normalized spacial score (nSPS) is 10.7. The summed E-state index contributed by atoms with van der Waals surface area (Å²) in [6.07, 6.45) is 1.68. The standard InChI is InChI=1S/C18H18N4O2S2/c1-3-22-9-8-15(23)21-18(22)26-11-16(24)20-17-19-14(10-25-17)13-6-4-12(2)5-7-13/h4-10H,3,11H2,1-2H3,(H,19,20,24). The number of carbonyl (C=O) groups excluding carboxylic acids is 1. The van der Waals surface area contributed by atoms with Crippen LogP contribution in [0, 0.1) is 6.92 Å². The first-order valence-electron chi connectivity index (χ1n) is 8.08. The molecule has 0 aliphatic rings. The lowest BCUT2D eigenvalue weighted by atomic mass is 10.1. The van der Waals surface area contributed by atoms with E-state index < -0.39 is 0 Å². The van der Waals surface area contributed by atoms with E-state index in [4.69, 9.17) is 0 Å². The summed E-state index contributed by atoms with van der Waals surface area (Å²) < 4.78 is 1.83. The zero-order valence-corrected chi connectivity index (χ0v) is 16.1. The molecule has 0 bridgehead atoms. The Bertz CT molecular complexity index is 964. The Kier molecular flexibility index (Phi) is 5.85. The molecule has 0 unspecified atom stereocenters. The number of hydrogen-bond donors (Lipinski definition) is 1. The average Bonchev–Trinajstić information content (AvgIpc) is 3.09. The summed E-state index contributed by atoms with van der Waals surface area (Å²) in [5.74, 6) is -0.0174. The number of aryl methyl sites for hydroxylation is 2. The van der Waals surface area contributed by atoms with E-state index in [2.05, 4.69) is 15.3 Å². The van der Waals surface area contributed by atoms with Crippen molar-refractivity contribution < 1.29 is 4.79 Å². The van der Waals surface area contributed by atoms with Gasteiger partial charge in [0, 0.05) is 29.8 Å². The smallest absolute Gasteiger partial charge is 0.273 e. The molecule has 3 aromatic rings. The largest absolute Gasteiger partial charge is 0.328 e. The molecule has 26 heavy (non-hydrogen) atoms. The third kappa shape index (κ3) is 4.59. The van der Waals surface area contributed by atoms with Gasteiger partial charge in [-0.05, 0) is 13.8 Å². The van der Waals surface area contributed by atoms with E-state index in [1.807, 2.05) is 48.1 Å². The number of benzene rings is 1. The van der Waals surface area contributed by atoms with Gasteiger partial charge in [0.1, 0.15) is 0 Å². The number of nitrogens with one attached hydrogen (secondary N) is 1. The van der Waals surface area contributed by atoms with Crippen LogP contribution in [-0.4, -0.2) is 26.2 Å². The minimum absolute atomic E-state index is 0.163. The molecule has 3 rings (SSSR count). The van der Waals surface area contributed by atoms with Gasteiger partial charge in [-0.25, -0.2) is 4.98 Å². The van der Waals surface area contributed by atoms with Crippen molar-refractivity contribution in [3.8, 4) is 11.3 Å². The Hall–Kier alpha value is -2.45. The fourth-order valence-electron chi connectivity index (χ4n) is 2.24. The second kappa shape index (κ2) is 8.29. The van der Waals surface area contributed by atoms with Crippen molar-refractivity contribution in [1.82, 2.24) is 14.5 Å². The van der Waals surface area contributed by atoms with Crippen LogP contribution in [0.5, 0.6) is 0 Å². The number of amides is 1. The first-order chi connectivity index (χ1) is 12.5. The predicted octanol–water partition coefficient (Wildman–Crippen LogP) is 3.43. The van der Waals surface area contributed by atoms with Gasteiger partial charge in [0.15, 0.2) is 10.3 Å². The van der Waals surface area contributed by atoms with Crippen molar-refractivity contribution in [2.24, 2.45) is 0 Å². The number of thiazole rings is 1. The lowest BCUT2D eigenvalue weighted by Gasteiger charge is -2.08. The number of rotatable bonds is 6. The van der Waals surface area contributed by atoms with Crippen molar-refractivity contribution >= 4 is 34.1 Å². The Morgan fingerprint density at radius 2 is 2.00 bits per heavy atom. The predicted molar refractivity (Wildman–Crippen MR) is 106 cm³/mol. The second-order valence-corrected chi connectivity index (χ2v) is 7.38. The molecule has 1 N–H and O–H groups in total. The minimum Gasteiger partial charge on any atom is -0.328 e. The van der Waals surface area contributed by atoms with E-state index >= 15 is 0 Å². The highest BCUT2D eigenvalue weighted by Crippen LogP contribution is 2.25. The molecule has 2 aromatic heterocycles. The van der Waals surface area contributed by atoms with Gasteiger partial charge < -0.3 is 9.88 Å². The van der Waals surface area contributed by atoms with Gasteiger partial charge in [-0.1, -0.05) is 41.6 Å². The van der Waals surface area contributed by atoms with Crippen LogP contribution in [-0.2, 0) is 11.3 Å². The molecule has 0 radical (unpaired) electrons. The number of hydrogen-bond acceptors (Lipinski definition) is 6. The molecular weight excluding hydrogens is 368 g/mol. The van der Waals surface area contributed by atoms with E-state index in [9.17, 15) is 9.59 Å². The monoisotopic (exact) mass is 386 g/mol. The minimum atomic E-state index is -0.305. The van der Waals surface area contributed by atoms with Crippen LogP contribution in [0.25, 0.3) is 11.3 Å². The van der Waals surface area contributed by atoms with E-state index in [-0.39, 0.29) is 17.2 Å². The second-order valence-electron chi connectivity index (χ2n) is 5.58. The SMILES string of the molecule is CCn1ccc(=O)nc1SCC(=O)Nc1nc(-c2ccc(C)cc2)cs1. The first kappa shape index (κ1) is 18.3. The fraction of sp³-hybridized carbons (Fsp3) is 0.222. The fourth-order valence-corrected chi connectivity index (χ4v) is 3.82. The van der Waals surface area contributed by atoms with E-state index in [0.717, 1.165) is 11.3 Å². The van der Waals surface area contributed by atoms with Crippen LogP contribution < -0.4 is 10.9 Å². The molecule has 134 valence electrons. The summed E-state index contributed by atoms with van der Waals surface area (Å²) in [5, 5.41) is 5.81. The maximum Gasteiger partial charge on any atom is 0.273 e. The van der Waals surface area contributed by atoms with Crippen LogP contribution in [0.2, 0.25) is 0 Å². The molecule has 0 fully saturated rings. The highest BCUT2D eigenvalue weighted by Gasteiger charge is 2.10. The molecule has 2 heterocycles. The van der Waals surface area contributed by atoms with Crippen LogP contribution in [0.4, 0.5) is 5.13 Å². The number of nitrogens with zero attached hydrogens (tertiary/aromatic N) is 3. The van der Waals surface area contributed by atoms with Gasteiger partial charge >= 0.3 is 0 Å². The maximum atomic E-state index is 12.2. The third-order valence-electron chi connectivity index (χ3n) is 3.62. The number of carbonyl (C=O) groups is 1. The first-order valence-corrected chi connectivity index (χ1v) is 9.94. The van der Waals surface area contributed by atoms with Gasteiger partial charge in [0.25, 0.3) is 5.56 Å². The molecule has 6 nitrogen and oxygen atoms in total. The van der Waals surface area contributed by atoms with Crippen LogP contribution in [0.3, 0.4) is 0 Å². The van der Waals surface area contributed by atoms with Gasteiger partial charge in [0.05, 0.1) is 11.4 Å². The molecule has 0 atom stereocenters. The van der Waals surface area contributed by atoms with Crippen LogP contribution in [0.15, 0.2) is 51.9 Å². The van der Waals surface area contributed by atoms with Crippen molar-refractivity contribution in [3.63, 3.8) is 0 Å². The topological polar surface area (TPSA) is 76.9 Å². The van der Waals surface area contributed by atoms with Crippen LogP contribution >= 0.6 is 23.1 Å². The van der Waals surface area contributed by atoms with Crippen molar-refractivity contribution in [2.75, 3.05) is 11.1 Å². The molecule has 0 aliphatic heterocycles. The van der Waals surface area contributed by atoms with Gasteiger partial charge in [-0.2, -0.15) is 4.98 Å². The summed E-state index contributed by atoms with van der Waals surface area (Å²) in [6, 6.07) is 9.50. The molecule has 0 spiro atoms. The Morgan fingerprint density at radius 3 is 2.73 bits per heavy atom. The maximum absolute atomic E-state index is 12.2. The quantitative estimate of drug-likeness (QED) is 0.519. The third-order valence-corrected chi connectivity index (χ3v) is 5.37.